The highest BCUT2D eigenvalue weighted by molar-refractivity contribution is 5.97. The average Bonchev–Trinajstić information content (AvgIpc) is 2.92. The minimum absolute atomic E-state index is 0. The zero-order valence-corrected chi connectivity index (χ0v) is 12.6. The third-order valence-electron chi connectivity index (χ3n) is 2.55. The number of amides is 2. The van der Waals surface area contributed by atoms with E-state index in [1.165, 1.54) is 12.5 Å². The number of carbonyl (C=O) groups excluding carboxylic acids is 2. The molecule has 0 spiro atoms. The number of hydrogen-bond donors (Lipinski definition) is 3. The van der Waals surface area contributed by atoms with Crippen molar-refractivity contribution in [2.24, 2.45) is 0 Å². The lowest BCUT2D eigenvalue weighted by Gasteiger charge is -2.13. The summed E-state index contributed by atoms with van der Waals surface area (Å²) in [6.07, 6.45) is 3.82. The number of nitrogens with one attached hydrogen (secondary N) is 3. The van der Waals surface area contributed by atoms with E-state index < -0.39 is 6.04 Å². The van der Waals surface area contributed by atoms with Crippen LogP contribution in [0.25, 0.3) is 0 Å². The Kier molecular flexibility index (Phi) is 9.49. The molecule has 1 aromatic rings. The van der Waals surface area contributed by atoms with Crippen molar-refractivity contribution < 1.29 is 14.0 Å². The van der Waals surface area contributed by atoms with Gasteiger partial charge in [-0.3, -0.25) is 9.59 Å². The maximum absolute atomic E-state index is 11.7. The van der Waals surface area contributed by atoms with E-state index in [0.717, 1.165) is 19.5 Å². The molecule has 0 aliphatic carbocycles. The topological polar surface area (TPSA) is 83.4 Å². The van der Waals surface area contributed by atoms with E-state index in [0.29, 0.717) is 12.1 Å². The molecule has 1 atom stereocenters. The third-order valence-corrected chi connectivity index (χ3v) is 2.55. The quantitative estimate of drug-likeness (QED) is 0.624. The van der Waals surface area contributed by atoms with E-state index in [4.69, 9.17) is 4.42 Å². The molecule has 0 aliphatic heterocycles. The standard InChI is InChI=1S/C13H21N3O3.ClH/c1-3-5-14-6-7-15-12(17)10(2)16-13(18)11-4-8-19-9-11;/h4,8-10,14H,3,5-7H2,1-2H3,(H,15,17)(H,16,18);1H. The van der Waals surface area contributed by atoms with Gasteiger partial charge in [-0.05, 0) is 26.0 Å². The summed E-state index contributed by atoms with van der Waals surface area (Å²) in [6.45, 7) is 5.93. The maximum Gasteiger partial charge on any atom is 0.255 e. The van der Waals surface area contributed by atoms with Crippen LogP contribution < -0.4 is 16.0 Å². The van der Waals surface area contributed by atoms with E-state index in [2.05, 4.69) is 22.9 Å². The molecular weight excluding hydrogens is 282 g/mol. The molecule has 6 nitrogen and oxygen atoms in total. The van der Waals surface area contributed by atoms with Gasteiger partial charge in [-0.15, -0.1) is 12.4 Å². The van der Waals surface area contributed by atoms with Crippen LogP contribution in [0.2, 0.25) is 0 Å². The molecule has 0 bridgehead atoms. The van der Waals surface area contributed by atoms with Crippen molar-refractivity contribution in [3.8, 4) is 0 Å². The van der Waals surface area contributed by atoms with Gasteiger partial charge >= 0.3 is 0 Å². The van der Waals surface area contributed by atoms with Crippen molar-refractivity contribution in [2.45, 2.75) is 26.3 Å². The summed E-state index contributed by atoms with van der Waals surface area (Å²) in [5, 5.41) is 8.53. The fourth-order valence-electron chi connectivity index (χ4n) is 1.47. The summed E-state index contributed by atoms with van der Waals surface area (Å²) in [6, 6.07) is 0.975. The summed E-state index contributed by atoms with van der Waals surface area (Å²) >= 11 is 0. The van der Waals surface area contributed by atoms with Crippen LogP contribution >= 0.6 is 12.4 Å². The van der Waals surface area contributed by atoms with Crippen molar-refractivity contribution in [3.63, 3.8) is 0 Å². The van der Waals surface area contributed by atoms with E-state index in [9.17, 15) is 9.59 Å². The van der Waals surface area contributed by atoms with Crippen molar-refractivity contribution in [2.75, 3.05) is 19.6 Å². The molecule has 1 unspecified atom stereocenters. The molecule has 0 aromatic carbocycles. The molecule has 2 amide bonds. The second-order valence-electron chi connectivity index (χ2n) is 4.25. The predicted molar refractivity (Wildman–Crippen MR) is 79.1 cm³/mol. The Hall–Kier alpha value is -1.53. The fourth-order valence-corrected chi connectivity index (χ4v) is 1.47. The largest absolute Gasteiger partial charge is 0.472 e. The molecule has 0 saturated heterocycles. The van der Waals surface area contributed by atoms with Gasteiger partial charge in [0, 0.05) is 13.1 Å². The zero-order chi connectivity index (χ0) is 14.1. The molecular formula is C13H22ClN3O3. The number of furan rings is 1. The minimum Gasteiger partial charge on any atom is -0.472 e. The van der Waals surface area contributed by atoms with Gasteiger partial charge in [0.05, 0.1) is 11.8 Å². The van der Waals surface area contributed by atoms with Crippen molar-refractivity contribution in [3.05, 3.63) is 24.2 Å². The maximum atomic E-state index is 11.7. The first-order valence-electron chi connectivity index (χ1n) is 6.46. The van der Waals surface area contributed by atoms with Crippen LogP contribution in [-0.2, 0) is 4.79 Å². The molecule has 1 aromatic heterocycles. The third kappa shape index (κ3) is 6.58. The average molecular weight is 304 g/mol. The van der Waals surface area contributed by atoms with Crippen LogP contribution in [0, 0.1) is 0 Å². The first kappa shape index (κ1) is 18.5. The van der Waals surface area contributed by atoms with Crippen LogP contribution in [-0.4, -0.2) is 37.5 Å². The molecule has 20 heavy (non-hydrogen) atoms. The Morgan fingerprint density at radius 3 is 2.65 bits per heavy atom. The molecule has 0 aliphatic rings. The highest BCUT2D eigenvalue weighted by Gasteiger charge is 2.16. The number of rotatable bonds is 8. The Labute approximate surface area is 125 Å². The summed E-state index contributed by atoms with van der Waals surface area (Å²) in [4.78, 5) is 23.4. The van der Waals surface area contributed by atoms with E-state index in [1.807, 2.05) is 0 Å². The number of halogens is 1. The summed E-state index contributed by atoms with van der Waals surface area (Å²) in [5.41, 5.74) is 0.407. The van der Waals surface area contributed by atoms with Gasteiger partial charge in [0.1, 0.15) is 12.3 Å². The molecule has 114 valence electrons. The van der Waals surface area contributed by atoms with Gasteiger partial charge in [-0.2, -0.15) is 0 Å². The zero-order valence-electron chi connectivity index (χ0n) is 11.8. The van der Waals surface area contributed by atoms with Gasteiger partial charge < -0.3 is 20.4 Å². The Morgan fingerprint density at radius 1 is 1.30 bits per heavy atom. The van der Waals surface area contributed by atoms with Gasteiger partial charge in [0.25, 0.3) is 5.91 Å². The van der Waals surface area contributed by atoms with Gasteiger partial charge in [-0.1, -0.05) is 6.92 Å². The Balaban J connectivity index is 0.00000361. The van der Waals surface area contributed by atoms with Crippen molar-refractivity contribution in [1.82, 2.24) is 16.0 Å². The SMILES string of the molecule is CCCNCCNC(=O)C(C)NC(=O)c1ccoc1.Cl. The second-order valence-corrected chi connectivity index (χ2v) is 4.25. The van der Waals surface area contributed by atoms with Gasteiger partial charge in [-0.25, -0.2) is 0 Å². The van der Waals surface area contributed by atoms with Crippen LogP contribution in [0.3, 0.4) is 0 Å². The van der Waals surface area contributed by atoms with Gasteiger partial charge in [0.2, 0.25) is 5.91 Å². The van der Waals surface area contributed by atoms with Crippen molar-refractivity contribution >= 4 is 24.2 Å². The molecule has 1 rings (SSSR count). The molecule has 3 N–H and O–H groups in total. The lowest BCUT2D eigenvalue weighted by atomic mass is 10.2. The highest BCUT2D eigenvalue weighted by atomic mass is 35.5. The molecule has 0 radical (unpaired) electrons. The van der Waals surface area contributed by atoms with Crippen LogP contribution in [0.1, 0.15) is 30.6 Å². The smallest absolute Gasteiger partial charge is 0.255 e. The molecule has 1 heterocycles. The summed E-state index contributed by atoms with van der Waals surface area (Å²) in [7, 11) is 0. The normalized spacial score (nSPS) is 11.3. The van der Waals surface area contributed by atoms with Crippen LogP contribution in [0.5, 0.6) is 0 Å². The number of hydrogen-bond acceptors (Lipinski definition) is 4. The Bertz CT molecular complexity index is 396. The monoisotopic (exact) mass is 303 g/mol. The minimum atomic E-state index is -0.575. The van der Waals surface area contributed by atoms with Crippen LogP contribution in [0.15, 0.2) is 23.0 Å². The number of carbonyl (C=O) groups is 2. The van der Waals surface area contributed by atoms with E-state index in [-0.39, 0.29) is 24.2 Å². The van der Waals surface area contributed by atoms with Crippen LogP contribution in [0.4, 0.5) is 0 Å². The molecule has 7 heteroatoms. The predicted octanol–water partition coefficient (Wildman–Crippen LogP) is 0.935. The lowest BCUT2D eigenvalue weighted by Crippen LogP contribution is -2.46. The first-order valence-corrected chi connectivity index (χ1v) is 6.46. The molecule has 0 saturated carbocycles. The lowest BCUT2D eigenvalue weighted by molar-refractivity contribution is -0.122. The van der Waals surface area contributed by atoms with Gasteiger partial charge in [0.15, 0.2) is 0 Å². The summed E-state index contributed by atoms with van der Waals surface area (Å²) in [5.74, 6) is -0.518. The summed E-state index contributed by atoms with van der Waals surface area (Å²) < 4.78 is 4.81. The Morgan fingerprint density at radius 2 is 2.05 bits per heavy atom. The highest BCUT2D eigenvalue weighted by Crippen LogP contribution is 1.99. The van der Waals surface area contributed by atoms with E-state index in [1.54, 1.807) is 13.0 Å². The fraction of sp³-hybridized carbons (Fsp3) is 0.538. The second kappa shape index (κ2) is 10.3. The first-order chi connectivity index (χ1) is 9.15. The van der Waals surface area contributed by atoms with E-state index >= 15 is 0 Å². The van der Waals surface area contributed by atoms with Crippen molar-refractivity contribution in [1.29, 1.82) is 0 Å². The molecule has 0 fully saturated rings.